The minimum atomic E-state index is -0.857. The molecule has 2 amide bonds. The van der Waals surface area contributed by atoms with E-state index in [4.69, 9.17) is 9.47 Å². The van der Waals surface area contributed by atoms with E-state index in [2.05, 4.69) is 60.9 Å². The number of unbranched alkanes of at least 4 members (excludes halogenated alkanes) is 1. The molecule has 4 rings (SSSR count). The Bertz CT molecular complexity index is 1380. The number of rotatable bonds is 13. The lowest BCUT2D eigenvalue weighted by atomic mass is 9.98. The maximum atomic E-state index is 13.0. The van der Waals surface area contributed by atoms with Gasteiger partial charge in [0.25, 0.3) is 0 Å². The van der Waals surface area contributed by atoms with Crippen LogP contribution in [0.5, 0.6) is 0 Å². The van der Waals surface area contributed by atoms with Gasteiger partial charge in [-0.15, -0.1) is 0 Å². The molecule has 0 spiro atoms. The molecule has 234 valence electrons. The summed E-state index contributed by atoms with van der Waals surface area (Å²) in [6, 6.07) is 23.6. The molecular weight excluding hydrogens is 552 g/mol. The number of hydrogen-bond donors (Lipinski definition) is 2. The van der Waals surface area contributed by atoms with E-state index < -0.39 is 23.7 Å². The number of amides is 2. The molecule has 2 N–H and O–H groups in total. The van der Waals surface area contributed by atoms with Crippen LogP contribution < -0.4 is 10.6 Å². The summed E-state index contributed by atoms with van der Waals surface area (Å²) < 4.78 is 11.3. The van der Waals surface area contributed by atoms with Crippen molar-refractivity contribution in [1.82, 2.24) is 10.6 Å². The summed E-state index contributed by atoms with van der Waals surface area (Å²) in [6.07, 6.45) is 2.32. The molecule has 3 aromatic rings. The maximum absolute atomic E-state index is 13.0. The number of nitrogens with one attached hydrogen (secondary N) is 2. The molecule has 1 aliphatic rings. The van der Waals surface area contributed by atoms with Crippen LogP contribution in [-0.4, -0.2) is 42.8 Å². The minimum Gasteiger partial charge on any atom is -0.458 e. The van der Waals surface area contributed by atoms with Crippen LogP contribution in [-0.2, 0) is 31.9 Å². The van der Waals surface area contributed by atoms with Crippen LogP contribution in [0.2, 0.25) is 0 Å². The summed E-state index contributed by atoms with van der Waals surface area (Å²) in [5.41, 5.74) is 6.10. The molecular formula is C37H46N2O5. The fraction of sp³-hybridized carbons (Fsp3) is 0.432. The number of benzene rings is 3. The van der Waals surface area contributed by atoms with Gasteiger partial charge in [0.1, 0.15) is 18.2 Å². The van der Waals surface area contributed by atoms with Crippen LogP contribution in [0, 0.1) is 5.92 Å². The van der Waals surface area contributed by atoms with E-state index in [9.17, 15) is 14.4 Å². The predicted octanol–water partition coefficient (Wildman–Crippen LogP) is 6.96. The number of ether oxygens (including phenoxy) is 2. The standard InChI is InChI=1S/C37H46N2O5/c1-25(2)22-26-17-19-27(20-18-26)23-34(40)38-21-11-10-16-33(35(41)44-37(3,4)5)39-36(42)43-24-32-30-14-8-6-12-28(30)29-13-7-9-15-31(29)32/h6-9,12-15,17-20,25,32-33H,10-11,16,21-24H2,1-5H3,(H,38,40)(H,39,42)/t33-/m0/s1. The molecule has 0 saturated carbocycles. The lowest BCUT2D eigenvalue weighted by Crippen LogP contribution is -2.44. The van der Waals surface area contributed by atoms with Gasteiger partial charge in [-0.2, -0.15) is 0 Å². The quantitative estimate of drug-likeness (QED) is 0.164. The van der Waals surface area contributed by atoms with Crippen molar-refractivity contribution in [3.63, 3.8) is 0 Å². The second kappa shape index (κ2) is 15.0. The normalized spacial score (nSPS) is 13.1. The fourth-order valence-electron chi connectivity index (χ4n) is 5.62. The molecule has 0 radical (unpaired) electrons. The highest BCUT2D eigenvalue weighted by Gasteiger charge is 2.31. The van der Waals surface area contributed by atoms with E-state index in [0.717, 1.165) is 34.2 Å². The van der Waals surface area contributed by atoms with Crippen molar-refractivity contribution in [2.24, 2.45) is 5.92 Å². The molecule has 44 heavy (non-hydrogen) atoms. The van der Waals surface area contributed by atoms with Gasteiger partial charge in [0.2, 0.25) is 5.91 Å². The molecule has 3 aromatic carbocycles. The predicted molar refractivity (Wildman–Crippen MR) is 173 cm³/mol. The minimum absolute atomic E-state index is 0.0398. The van der Waals surface area contributed by atoms with E-state index in [1.54, 1.807) is 20.8 Å². The SMILES string of the molecule is CC(C)Cc1ccc(CC(=O)NCCCC[C@H](NC(=O)OCC2c3ccccc3-c3ccccc32)C(=O)OC(C)(C)C)cc1. The van der Waals surface area contributed by atoms with Crippen molar-refractivity contribution in [3.05, 3.63) is 95.1 Å². The molecule has 0 saturated heterocycles. The Balaban J connectivity index is 1.25. The van der Waals surface area contributed by atoms with Crippen molar-refractivity contribution in [3.8, 4) is 11.1 Å². The van der Waals surface area contributed by atoms with Gasteiger partial charge in [0.05, 0.1) is 6.42 Å². The Morgan fingerprint density at radius 2 is 1.41 bits per heavy atom. The Morgan fingerprint density at radius 3 is 2.00 bits per heavy atom. The Labute approximate surface area is 261 Å². The third-order valence-electron chi connectivity index (χ3n) is 7.60. The van der Waals surface area contributed by atoms with Gasteiger partial charge in [0.15, 0.2) is 0 Å². The first-order valence-electron chi connectivity index (χ1n) is 15.7. The zero-order valence-corrected chi connectivity index (χ0v) is 26.7. The van der Waals surface area contributed by atoms with Gasteiger partial charge >= 0.3 is 12.1 Å². The number of fused-ring (bicyclic) bond motifs is 3. The van der Waals surface area contributed by atoms with E-state index >= 15 is 0 Å². The highest BCUT2D eigenvalue weighted by atomic mass is 16.6. The average molecular weight is 599 g/mol. The largest absolute Gasteiger partial charge is 0.458 e. The second-order valence-corrected chi connectivity index (χ2v) is 13.0. The number of hydrogen-bond acceptors (Lipinski definition) is 5. The molecule has 0 aromatic heterocycles. The summed E-state index contributed by atoms with van der Waals surface area (Å²) in [6.45, 7) is 10.4. The lowest BCUT2D eigenvalue weighted by Gasteiger charge is -2.24. The van der Waals surface area contributed by atoms with Gasteiger partial charge in [-0.05, 0) is 85.8 Å². The van der Waals surface area contributed by atoms with Gasteiger partial charge < -0.3 is 20.1 Å². The summed E-state index contributed by atoms with van der Waals surface area (Å²) in [4.78, 5) is 38.4. The zero-order valence-electron chi connectivity index (χ0n) is 26.7. The maximum Gasteiger partial charge on any atom is 0.407 e. The zero-order chi connectivity index (χ0) is 31.7. The topological polar surface area (TPSA) is 93.7 Å². The molecule has 0 bridgehead atoms. The van der Waals surface area contributed by atoms with Gasteiger partial charge in [0, 0.05) is 12.5 Å². The summed E-state index contributed by atoms with van der Waals surface area (Å²) in [7, 11) is 0. The Hall–Kier alpha value is -4.13. The smallest absolute Gasteiger partial charge is 0.407 e. The van der Waals surface area contributed by atoms with Crippen molar-refractivity contribution < 1.29 is 23.9 Å². The van der Waals surface area contributed by atoms with E-state index in [1.807, 2.05) is 36.4 Å². The molecule has 7 heteroatoms. The molecule has 0 unspecified atom stereocenters. The van der Waals surface area contributed by atoms with Crippen molar-refractivity contribution in [2.75, 3.05) is 13.2 Å². The van der Waals surface area contributed by atoms with Crippen LogP contribution in [0.3, 0.4) is 0 Å². The first-order valence-corrected chi connectivity index (χ1v) is 15.7. The van der Waals surface area contributed by atoms with E-state index in [1.165, 1.54) is 5.56 Å². The Kier molecular flexibility index (Phi) is 11.2. The second-order valence-electron chi connectivity index (χ2n) is 13.0. The number of carbonyl (C=O) groups excluding carboxylic acids is 3. The van der Waals surface area contributed by atoms with Crippen LogP contribution in [0.15, 0.2) is 72.8 Å². The van der Waals surface area contributed by atoms with Crippen molar-refractivity contribution in [2.45, 2.75) is 84.3 Å². The molecule has 0 heterocycles. The number of esters is 1. The Morgan fingerprint density at radius 1 is 0.818 bits per heavy atom. The van der Waals surface area contributed by atoms with Gasteiger partial charge in [-0.1, -0.05) is 86.6 Å². The molecule has 0 aliphatic heterocycles. The first kappa shape index (κ1) is 32.8. The van der Waals surface area contributed by atoms with Crippen LogP contribution in [0.1, 0.15) is 82.1 Å². The third kappa shape index (κ3) is 9.43. The molecule has 1 atom stereocenters. The number of carbonyl (C=O) groups is 3. The van der Waals surface area contributed by atoms with Crippen LogP contribution in [0.4, 0.5) is 4.79 Å². The summed E-state index contributed by atoms with van der Waals surface area (Å²) in [5.74, 6) is -0.0269. The first-order chi connectivity index (χ1) is 21.0. The molecule has 0 fully saturated rings. The van der Waals surface area contributed by atoms with Crippen molar-refractivity contribution in [1.29, 1.82) is 0 Å². The lowest BCUT2D eigenvalue weighted by molar-refractivity contribution is -0.157. The van der Waals surface area contributed by atoms with E-state index in [0.29, 0.717) is 38.1 Å². The highest BCUT2D eigenvalue weighted by molar-refractivity contribution is 5.82. The molecule has 1 aliphatic carbocycles. The highest BCUT2D eigenvalue weighted by Crippen LogP contribution is 2.44. The fourth-order valence-corrected chi connectivity index (χ4v) is 5.62. The van der Waals surface area contributed by atoms with Crippen LogP contribution >= 0.6 is 0 Å². The van der Waals surface area contributed by atoms with Gasteiger partial charge in [-0.25, -0.2) is 9.59 Å². The van der Waals surface area contributed by atoms with Crippen LogP contribution in [0.25, 0.3) is 11.1 Å². The monoisotopic (exact) mass is 598 g/mol. The van der Waals surface area contributed by atoms with Crippen molar-refractivity contribution >= 4 is 18.0 Å². The average Bonchev–Trinajstić information content (AvgIpc) is 3.28. The third-order valence-corrected chi connectivity index (χ3v) is 7.60. The van der Waals surface area contributed by atoms with E-state index in [-0.39, 0.29) is 18.4 Å². The summed E-state index contributed by atoms with van der Waals surface area (Å²) >= 11 is 0. The van der Waals surface area contributed by atoms with Gasteiger partial charge in [-0.3, -0.25) is 4.79 Å². The summed E-state index contributed by atoms with van der Waals surface area (Å²) in [5, 5.41) is 5.70. The molecule has 7 nitrogen and oxygen atoms in total. The number of alkyl carbamates (subject to hydrolysis) is 1.